The van der Waals surface area contributed by atoms with Crippen molar-refractivity contribution in [3.05, 3.63) is 40.6 Å². The van der Waals surface area contributed by atoms with Crippen LogP contribution >= 0.6 is 15.9 Å². The topological polar surface area (TPSA) is 34.5 Å². The number of hydrogen-bond acceptors (Lipinski definition) is 3. The summed E-state index contributed by atoms with van der Waals surface area (Å²) < 4.78 is 0.948. The fourth-order valence-corrected chi connectivity index (χ4v) is 1.19. The van der Waals surface area contributed by atoms with Crippen molar-refractivity contribution in [2.75, 3.05) is 6.61 Å². The maximum Gasteiger partial charge on any atom is 0.138 e. The zero-order chi connectivity index (χ0) is 12.0. The minimum Gasteiger partial charge on any atom is -0.391 e. The lowest BCUT2D eigenvalue weighted by Gasteiger charge is -2.02. The fourth-order valence-electron chi connectivity index (χ4n) is 0.959. The minimum atomic E-state index is 0.463. The Morgan fingerprint density at radius 1 is 1.56 bits per heavy atom. The Kier molecular flexibility index (Phi) is 5.19. The largest absolute Gasteiger partial charge is 0.391 e. The first kappa shape index (κ1) is 12.9. The van der Waals surface area contributed by atoms with E-state index in [1.807, 2.05) is 26.0 Å². The van der Waals surface area contributed by atoms with Crippen LogP contribution in [0.4, 0.5) is 0 Å². The molecule has 0 unspecified atom stereocenters. The number of rotatable bonds is 5. The van der Waals surface area contributed by atoms with Crippen LogP contribution in [0.25, 0.3) is 0 Å². The number of pyridine rings is 1. The predicted molar refractivity (Wildman–Crippen MR) is 69.5 cm³/mol. The summed E-state index contributed by atoms with van der Waals surface area (Å²) in [5.41, 5.74) is 2.60. The van der Waals surface area contributed by atoms with Gasteiger partial charge in [-0.15, -0.1) is 0 Å². The highest BCUT2D eigenvalue weighted by Crippen LogP contribution is 2.08. The molecule has 0 atom stereocenters. The summed E-state index contributed by atoms with van der Waals surface area (Å²) in [6, 6.07) is 3.81. The second-order valence-electron chi connectivity index (χ2n) is 3.42. The van der Waals surface area contributed by atoms with Crippen LogP contribution in [0.5, 0.6) is 0 Å². The van der Waals surface area contributed by atoms with Gasteiger partial charge in [0.1, 0.15) is 12.3 Å². The second kappa shape index (κ2) is 6.43. The number of nitrogens with zero attached hydrogens (tertiary/aromatic N) is 2. The molecule has 0 saturated carbocycles. The van der Waals surface area contributed by atoms with Gasteiger partial charge in [0.05, 0.1) is 5.69 Å². The number of aromatic nitrogens is 1. The van der Waals surface area contributed by atoms with Crippen molar-refractivity contribution < 1.29 is 4.84 Å². The van der Waals surface area contributed by atoms with Gasteiger partial charge >= 0.3 is 0 Å². The maximum atomic E-state index is 5.17. The Labute approximate surface area is 104 Å². The van der Waals surface area contributed by atoms with Crippen molar-refractivity contribution in [2.45, 2.75) is 20.3 Å². The Hall–Kier alpha value is -1.16. The predicted octanol–water partition coefficient (Wildman–Crippen LogP) is 3.55. The average Bonchev–Trinajstić information content (AvgIpc) is 2.29. The van der Waals surface area contributed by atoms with Gasteiger partial charge in [-0.2, -0.15) is 0 Å². The molecular formula is C12H15BrN2O. The van der Waals surface area contributed by atoms with Crippen LogP contribution in [-0.2, 0) is 4.84 Å². The second-order valence-corrected chi connectivity index (χ2v) is 4.33. The van der Waals surface area contributed by atoms with Crippen LogP contribution in [-0.4, -0.2) is 17.3 Å². The molecule has 0 spiro atoms. The Morgan fingerprint density at radius 3 is 2.88 bits per heavy atom. The van der Waals surface area contributed by atoms with E-state index in [4.69, 9.17) is 4.84 Å². The molecule has 0 bridgehead atoms. The summed E-state index contributed by atoms with van der Waals surface area (Å²) in [7, 11) is 0. The summed E-state index contributed by atoms with van der Waals surface area (Å²) >= 11 is 3.33. The fraction of sp³-hybridized carbons (Fsp3) is 0.333. The van der Waals surface area contributed by atoms with Gasteiger partial charge in [0.25, 0.3) is 0 Å². The van der Waals surface area contributed by atoms with Crippen molar-refractivity contribution in [2.24, 2.45) is 5.16 Å². The van der Waals surface area contributed by atoms with Crippen molar-refractivity contribution in [1.29, 1.82) is 0 Å². The molecule has 1 aromatic heterocycles. The number of hydrogen-bond donors (Lipinski definition) is 0. The highest BCUT2D eigenvalue weighted by atomic mass is 79.9. The van der Waals surface area contributed by atoms with Crippen molar-refractivity contribution >= 4 is 21.6 Å². The molecule has 0 radical (unpaired) electrons. The molecule has 86 valence electrons. The molecule has 0 aliphatic carbocycles. The zero-order valence-electron chi connectivity index (χ0n) is 9.53. The molecule has 16 heavy (non-hydrogen) atoms. The summed E-state index contributed by atoms with van der Waals surface area (Å²) in [5.74, 6) is 0. The first-order valence-corrected chi connectivity index (χ1v) is 5.88. The van der Waals surface area contributed by atoms with Gasteiger partial charge < -0.3 is 4.84 Å². The molecule has 1 rings (SSSR count). The van der Waals surface area contributed by atoms with Crippen LogP contribution < -0.4 is 0 Å². The monoisotopic (exact) mass is 282 g/mol. The molecule has 1 heterocycles. The van der Waals surface area contributed by atoms with Gasteiger partial charge in [-0.25, -0.2) is 0 Å². The smallest absolute Gasteiger partial charge is 0.138 e. The first-order valence-electron chi connectivity index (χ1n) is 5.08. The lowest BCUT2D eigenvalue weighted by atomic mass is 10.2. The van der Waals surface area contributed by atoms with E-state index in [-0.39, 0.29) is 0 Å². The third-order valence-corrected chi connectivity index (χ3v) is 2.54. The molecule has 0 aliphatic heterocycles. The van der Waals surface area contributed by atoms with E-state index in [9.17, 15) is 0 Å². The van der Waals surface area contributed by atoms with Crippen LogP contribution in [0, 0.1) is 0 Å². The summed E-state index contributed by atoms with van der Waals surface area (Å²) in [6.45, 7) is 8.21. The maximum absolute atomic E-state index is 5.17. The van der Waals surface area contributed by atoms with E-state index in [1.165, 1.54) is 0 Å². The van der Waals surface area contributed by atoms with Crippen LogP contribution in [0.3, 0.4) is 0 Å². The van der Waals surface area contributed by atoms with E-state index in [2.05, 4.69) is 32.6 Å². The van der Waals surface area contributed by atoms with Crippen molar-refractivity contribution in [3.8, 4) is 0 Å². The first-order chi connectivity index (χ1) is 7.63. The number of halogens is 1. The Balaban J connectivity index is 2.56. The zero-order valence-corrected chi connectivity index (χ0v) is 11.1. The standard InChI is InChI=1S/C12H15BrN2O/c1-4-9(2)8-16-15-10(3)12-6-5-11(13)7-14-12/h5-7H,2,4,8H2,1,3H3. The molecule has 0 aliphatic rings. The van der Waals surface area contributed by atoms with Gasteiger partial charge in [0, 0.05) is 10.7 Å². The molecule has 0 saturated heterocycles. The molecule has 3 nitrogen and oxygen atoms in total. The quantitative estimate of drug-likeness (QED) is 0.470. The van der Waals surface area contributed by atoms with E-state index >= 15 is 0 Å². The van der Waals surface area contributed by atoms with Crippen LogP contribution in [0.1, 0.15) is 26.0 Å². The highest BCUT2D eigenvalue weighted by molar-refractivity contribution is 9.10. The van der Waals surface area contributed by atoms with E-state index in [1.54, 1.807) is 6.20 Å². The van der Waals surface area contributed by atoms with Gasteiger partial charge in [-0.3, -0.25) is 4.98 Å². The lowest BCUT2D eigenvalue weighted by molar-refractivity contribution is 0.166. The van der Waals surface area contributed by atoms with Gasteiger partial charge in [-0.05, 0) is 47.0 Å². The van der Waals surface area contributed by atoms with Gasteiger partial charge in [0.2, 0.25) is 0 Å². The highest BCUT2D eigenvalue weighted by Gasteiger charge is 1.99. The molecule has 0 N–H and O–H groups in total. The van der Waals surface area contributed by atoms with E-state index < -0.39 is 0 Å². The van der Waals surface area contributed by atoms with Crippen molar-refractivity contribution in [3.63, 3.8) is 0 Å². The summed E-state index contributed by atoms with van der Waals surface area (Å²) in [5, 5.41) is 3.99. The molecule has 1 aromatic rings. The van der Waals surface area contributed by atoms with Crippen LogP contribution in [0.15, 0.2) is 40.1 Å². The van der Waals surface area contributed by atoms with Gasteiger partial charge in [0.15, 0.2) is 0 Å². The Morgan fingerprint density at radius 2 is 2.31 bits per heavy atom. The molecule has 0 amide bonds. The molecule has 4 heteroatoms. The lowest BCUT2D eigenvalue weighted by Crippen LogP contribution is -2.00. The summed E-state index contributed by atoms with van der Waals surface area (Å²) in [4.78, 5) is 9.39. The third-order valence-electron chi connectivity index (χ3n) is 2.07. The Bertz CT molecular complexity index is 385. The molecule has 0 aromatic carbocycles. The normalized spacial score (nSPS) is 11.3. The van der Waals surface area contributed by atoms with E-state index in [0.717, 1.165) is 27.9 Å². The summed E-state index contributed by atoms with van der Waals surface area (Å²) in [6.07, 6.45) is 2.64. The van der Waals surface area contributed by atoms with Gasteiger partial charge in [-0.1, -0.05) is 18.7 Å². The van der Waals surface area contributed by atoms with Crippen LogP contribution in [0.2, 0.25) is 0 Å². The number of oxime groups is 1. The molecule has 0 fully saturated rings. The van der Waals surface area contributed by atoms with E-state index in [0.29, 0.717) is 6.61 Å². The third kappa shape index (κ3) is 4.14. The average molecular weight is 283 g/mol. The SMILES string of the molecule is C=C(CC)CON=C(C)c1ccc(Br)cn1. The minimum absolute atomic E-state index is 0.463. The molecular weight excluding hydrogens is 268 g/mol. The van der Waals surface area contributed by atoms with Crippen molar-refractivity contribution in [1.82, 2.24) is 4.98 Å².